The molecule has 2 aromatic carbocycles. The maximum absolute atomic E-state index is 14.3. The van der Waals surface area contributed by atoms with Crippen LogP contribution in [0.5, 0.6) is 0 Å². The van der Waals surface area contributed by atoms with Gasteiger partial charge < -0.3 is 4.57 Å². The van der Waals surface area contributed by atoms with Gasteiger partial charge in [0.15, 0.2) is 16.3 Å². The molecule has 0 amide bonds. The number of aromatic nitrogens is 4. The minimum atomic E-state index is -0.519. The lowest BCUT2D eigenvalue weighted by Crippen LogP contribution is -2.37. The zero-order chi connectivity index (χ0) is 21.4. The van der Waals surface area contributed by atoms with Gasteiger partial charge in [0.2, 0.25) is 0 Å². The van der Waals surface area contributed by atoms with Crippen LogP contribution in [0.3, 0.4) is 0 Å². The minimum absolute atomic E-state index is 0.0518. The highest BCUT2D eigenvalue weighted by Crippen LogP contribution is 2.27. The molecule has 2 aromatic heterocycles. The molecule has 0 spiro atoms. The second-order valence-corrected chi connectivity index (χ2v) is 7.77. The molecular weight excluding hydrogens is 410 g/mol. The van der Waals surface area contributed by atoms with Crippen LogP contribution in [-0.4, -0.2) is 18.7 Å². The average Bonchev–Trinajstić information content (AvgIpc) is 3.10. The van der Waals surface area contributed by atoms with Gasteiger partial charge in [-0.05, 0) is 17.7 Å². The third kappa shape index (κ3) is 3.45. The Bertz CT molecular complexity index is 1370. The van der Waals surface area contributed by atoms with E-state index >= 15 is 0 Å². The molecule has 0 saturated carbocycles. The van der Waals surface area contributed by atoms with Gasteiger partial charge in [0.05, 0.1) is 6.54 Å². The van der Waals surface area contributed by atoms with Crippen LogP contribution in [0.15, 0.2) is 63.3 Å². The van der Waals surface area contributed by atoms with Crippen LogP contribution in [0, 0.1) is 11.6 Å². The quantitative estimate of drug-likeness (QED) is 0.459. The Kier molecular flexibility index (Phi) is 5.29. The number of halogens is 2. The predicted octanol–water partition coefficient (Wildman–Crippen LogP) is 3.05. The predicted molar refractivity (Wildman–Crippen MR) is 112 cm³/mol. The van der Waals surface area contributed by atoms with E-state index in [9.17, 15) is 18.4 Å². The highest BCUT2D eigenvalue weighted by atomic mass is 32.2. The van der Waals surface area contributed by atoms with Crippen molar-refractivity contribution in [1.29, 1.82) is 0 Å². The van der Waals surface area contributed by atoms with E-state index in [4.69, 9.17) is 0 Å². The molecule has 0 N–H and O–H groups in total. The first-order chi connectivity index (χ1) is 14.4. The van der Waals surface area contributed by atoms with Gasteiger partial charge in [-0.3, -0.25) is 13.9 Å². The van der Waals surface area contributed by atoms with Crippen LogP contribution >= 0.6 is 11.8 Å². The number of benzene rings is 2. The fourth-order valence-corrected chi connectivity index (χ4v) is 4.22. The molecule has 2 heterocycles. The van der Waals surface area contributed by atoms with E-state index in [-0.39, 0.29) is 29.3 Å². The van der Waals surface area contributed by atoms with Crippen molar-refractivity contribution >= 4 is 22.9 Å². The lowest BCUT2D eigenvalue weighted by atomic mass is 10.2. The van der Waals surface area contributed by atoms with Crippen LogP contribution in [0.4, 0.5) is 8.78 Å². The maximum atomic E-state index is 14.3. The highest BCUT2D eigenvalue weighted by Gasteiger charge is 2.20. The topological polar surface area (TPSA) is 61.8 Å². The van der Waals surface area contributed by atoms with Gasteiger partial charge in [0, 0.05) is 25.4 Å². The largest absolute Gasteiger partial charge is 0.332 e. The van der Waals surface area contributed by atoms with Crippen molar-refractivity contribution in [2.45, 2.75) is 17.5 Å². The van der Waals surface area contributed by atoms with Crippen LogP contribution in [0.2, 0.25) is 0 Å². The van der Waals surface area contributed by atoms with Gasteiger partial charge in [0.25, 0.3) is 5.56 Å². The van der Waals surface area contributed by atoms with E-state index in [0.29, 0.717) is 16.3 Å². The summed E-state index contributed by atoms with van der Waals surface area (Å²) in [6.45, 7) is 0.0518. The molecule has 154 valence electrons. The summed E-state index contributed by atoms with van der Waals surface area (Å²) in [6.07, 6.45) is 0. The van der Waals surface area contributed by atoms with Crippen molar-refractivity contribution in [2.75, 3.05) is 0 Å². The van der Waals surface area contributed by atoms with Crippen molar-refractivity contribution in [3.8, 4) is 0 Å². The first-order valence-corrected chi connectivity index (χ1v) is 10.1. The molecule has 0 saturated heterocycles. The van der Waals surface area contributed by atoms with Gasteiger partial charge in [-0.1, -0.05) is 48.2 Å². The van der Waals surface area contributed by atoms with Gasteiger partial charge in [0.1, 0.15) is 11.6 Å². The van der Waals surface area contributed by atoms with E-state index in [1.807, 2.05) is 0 Å². The van der Waals surface area contributed by atoms with Crippen molar-refractivity contribution in [3.05, 3.63) is 92.1 Å². The van der Waals surface area contributed by atoms with E-state index in [1.54, 1.807) is 41.0 Å². The number of hydrogen-bond acceptors (Lipinski definition) is 4. The molecule has 0 radical (unpaired) electrons. The molecular formula is C21H18F2N4O2S. The minimum Gasteiger partial charge on any atom is -0.308 e. The number of hydrogen-bond donors (Lipinski definition) is 0. The molecule has 0 atom stereocenters. The fourth-order valence-electron chi connectivity index (χ4n) is 3.24. The third-order valence-electron chi connectivity index (χ3n) is 4.91. The smallest absolute Gasteiger partial charge is 0.308 e. The summed E-state index contributed by atoms with van der Waals surface area (Å²) in [5, 5.41) is 0.398. The molecule has 0 aliphatic carbocycles. The van der Waals surface area contributed by atoms with Crippen molar-refractivity contribution in [3.63, 3.8) is 0 Å². The molecule has 4 rings (SSSR count). The standard InChI is InChI=1S/C21H18F2N4O2S/c1-25-18-17(19(28)26(2)21(25)29)27(11-13-7-3-5-9-15(13)22)20(24-18)30-12-14-8-4-6-10-16(14)23/h3-10H,11-12H2,1-2H3. The van der Waals surface area contributed by atoms with Gasteiger partial charge in [-0.25, -0.2) is 18.6 Å². The monoisotopic (exact) mass is 428 g/mol. The Morgan fingerprint density at radius 2 is 1.50 bits per heavy atom. The Morgan fingerprint density at radius 1 is 0.900 bits per heavy atom. The summed E-state index contributed by atoms with van der Waals surface area (Å²) in [5.74, 6) is -0.488. The summed E-state index contributed by atoms with van der Waals surface area (Å²) in [7, 11) is 2.91. The highest BCUT2D eigenvalue weighted by molar-refractivity contribution is 7.98. The van der Waals surface area contributed by atoms with Gasteiger partial charge in [-0.15, -0.1) is 0 Å². The van der Waals surface area contributed by atoms with Crippen molar-refractivity contribution in [2.24, 2.45) is 14.1 Å². The molecule has 0 aliphatic heterocycles. The van der Waals surface area contributed by atoms with Crippen LogP contribution in [-0.2, 0) is 26.4 Å². The zero-order valence-electron chi connectivity index (χ0n) is 16.3. The van der Waals surface area contributed by atoms with Crippen LogP contribution in [0.1, 0.15) is 11.1 Å². The van der Waals surface area contributed by atoms with Crippen LogP contribution < -0.4 is 11.2 Å². The number of aryl methyl sites for hydroxylation is 1. The zero-order valence-corrected chi connectivity index (χ0v) is 17.1. The van der Waals surface area contributed by atoms with E-state index in [2.05, 4.69) is 4.98 Å². The van der Waals surface area contributed by atoms with Gasteiger partial charge in [-0.2, -0.15) is 0 Å². The molecule has 30 heavy (non-hydrogen) atoms. The average molecular weight is 428 g/mol. The number of thioether (sulfide) groups is 1. The van der Waals surface area contributed by atoms with E-state index in [0.717, 1.165) is 4.57 Å². The fraction of sp³-hybridized carbons (Fsp3) is 0.190. The summed E-state index contributed by atoms with van der Waals surface area (Å²) in [6, 6.07) is 12.6. The number of imidazole rings is 1. The molecule has 0 unspecified atom stereocenters. The Hall–Kier alpha value is -3.20. The SMILES string of the molecule is Cn1c(=O)c2c(nc(SCc3ccccc3F)n2Cc2ccccc2F)n(C)c1=O. The van der Waals surface area contributed by atoms with Gasteiger partial charge >= 0.3 is 5.69 Å². The maximum Gasteiger partial charge on any atom is 0.332 e. The molecule has 0 fully saturated rings. The summed E-state index contributed by atoms with van der Waals surface area (Å²) in [5.41, 5.74) is 0.229. The summed E-state index contributed by atoms with van der Waals surface area (Å²) in [4.78, 5) is 29.7. The Balaban J connectivity index is 1.88. The van der Waals surface area contributed by atoms with Crippen molar-refractivity contribution in [1.82, 2.24) is 18.7 Å². The lowest BCUT2D eigenvalue weighted by Gasteiger charge is -2.10. The first-order valence-electron chi connectivity index (χ1n) is 9.14. The molecule has 0 aliphatic rings. The van der Waals surface area contributed by atoms with Crippen molar-refractivity contribution < 1.29 is 8.78 Å². The molecule has 9 heteroatoms. The van der Waals surface area contributed by atoms with E-state index < -0.39 is 17.1 Å². The Morgan fingerprint density at radius 3 is 2.13 bits per heavy atom. The second kappa shape index (κ2) is 7.91. The first kappa shape index (κ1) is 20.1. The molecule has 4 aromatic rings. The van der Waals surface area contributed by atoms with E-state index in [1.165, 1.54) is 42.6 Å². The molecule has 6 nitrogen and oxygen atoms in total. The second-order valence-electron chi connectivity index (χ2n) is 6.83. The number of nitrogens with zero attached hydrogens (tertiary/aromatic N) is 4. The number of fused-ring (bicyclic) bond motifs is 1. The molecule has 0 bridgehead atoms. The Labute approximate surface area is 174 Å². The summed E-state index contributed by atoms with van der Waals surface area (Å²) < 4.78 is 32.2. The van der Waals surface area contributed by atoms with Crippen LogP contribution in [0.25, 0.3) is 11.2 Å². The summed E-state index contributed by atoms with van der Waals surface area (Å²) >= 11 is 1.22. The normalized spacial score (nSPS) is 11.3. The lowest BCUT2D eigenvalue weighted by molar-refractivity contribution is 0.593. The number of rotatable bonds is 5. The third-order valence-corrected chi connectivity index (χ3v) is 5.94.